The largest absolute Gasteiger partial charge is 1.00 e. The second kappa shape index (κ2) is 11.4. The molecule has 2 atom stereocenters. The Bertz CT molecular complexity index is 996. The summed E-state index contributed by atoms with van der Waals surface area (Å²) in [6.07, 6.45) is 1.63. The summed E-state index contributed by atoms with van der Waals surface area (Å²) in [4.78, 5) is 48.1. The van der Waals surface area contributed by atoms with Crippen LogP contribution < -0.4 is 45.7 Å². The van der Waals surface area contributed by atoms with Crippen LogP contribution in [0.3, 0.4) is 0 Å². The number of hydrogen-bond donors (Lipinski definition) is 2. The number of anilines is 1. The zero-order valence-electron chi connectivity index (χ0n) is 17.9. The second-order valence-corrected chi connectivity index (χ2v) is 10.4. The van der Waals surface area contributed by atoms with E-state index in [0.717, 1.165) is 24.2 Å². The van der Waals surface area contributed by atoms with Crippen LogP contribution in [0.2, 0.25) is 0 Å². The van der Waals surface area contributed by atoms with Crippen molar-refractivity contribution in [1.82, 2.24) is 15.2 Å². The first-order valence-corrected chi connectivity index (χ1v) is 12.5. The molecule has 11 nitrogen and oxygen atoms in total. The Labute approximate surface area is 224 Å². The van der Waals surface area contributed by atoms with Crippen LogP contribution in [0, 0.1) is 0 Å². The van der Waals surface area contributed by atoms with Crippen LogP contribution in [0.5, 0.6) is 0 Å². The Balaban J connectivity index is 0.00000306. The predicted molar refractivity (Wildman–Crippen MR) is 119 cm³/mol. The van der Waals surface area contributed by atoms with Gasteiger partial charge < -0.3 is 30.5 Å². The van der Waals surface area contributed by atoms with Crippen molar-refractivity contribution in [3.63, 3.8) is 0 Å². The van der Waals surface area contributed by atoms with Crippen molar-refractivity contribution < 1.29 is 58.6 Å². The summed E-state index contributed by atoms with van der Waals surface area (Å²) in [5, 5.41) is 19.7. The number of β-lactam (4-membered cyclic amide) rings is 1. The van der Waals surface area contributed by atoms with E-state index >= 15 is 0 Å². The maximum atomic E-state index is 12.8. The molecule has 0 aliphatic carbocycles. The monoisotopic (exact) mass is 521 g/mol. The Morgan fingerprint density at radius 3 is 2.76 bits per heavy atom. The van der Waals surface area contributed by atoms with Crippen molar-refractivity contribution in [3.8, 4) is 0 Å². The van der Waals surface area contributed by atoms with E-state index in [1.165, 1.54) is 35.5 Å². The van der Waals surface area contributed by atoms with E-state index in [-0.39, 0.29) is 57.0 Å². The quantitative estimate of drug-likeness (QED) is 0.159. The summed E-state index contributed by atoms with van der Waals surface area (Å²) in [6.45, 7) is 1.27. The number of oxime groups is 1. The summed E-state index contributed by atoms with van der Waals surface area (Å²) >= 11 is 4.00. The topological polar surface area (TPSA) is 159 Å². The average molecular weight is 522 g/mol. The molecular weight excluding hydrogens is 501 g/mol. The molecule has 2 amide bonds. The van der Waals surface area contributed by atoms with Gasteiger partial charge in [-0.15, -0.1) is 34.9 Å². The molecule has 0 bridgehead atoms. The molecule has 3 N–H and O–H groups in total. The van der Waals surface area contributed by atoms with Crippen molar-refractivity contribution in [1.29, 1.82) is 0 Å². The number of carbonyl (C=O) groups is 3. The van der Waals surface area contributed by atoms with Gasteiger partial charge in [-0.1, -0.05) is 5.16 Å². The fraction of sp³-hybridized carbons (Fsp3) is 0.500. The molecule has 3 aliphatic rings. The van der Waals surface area contributed by atoms with Gasteiger partial charge in [0.15, 0.2) is 10.8 Å². The van der Waals surface area contributed by atoms with Gasteiger partial charge in [-0.3, -0.25) is 14.5 Å². The minimum absolute atomic E-state index is 0. The fourth-order valence-electron chi connectivity index (χ4n) is 3.57. The third kappa shape index (κ3) is 5.52. The first kappa shape index (κ1) is 26.3. The zero-order chi connectivity index (χ0) is 22.8. The van der Waals surface area contributed by atoms with Crippen molar-refractivity contribution in [2.45, 2.75) is 29.5 Å². The molecule has 4 rings (SSSR count). The van der Waals surface area contributed by atoms with Crippen molar-refractivity contribution in [2.75, 3.05) is 31.8 Å². The number of hydrogen-bond acceptors (Lipinski definition) is 12. The maximum Gasteiger partial charge on any atom is 1.00 e. The summed E-state index contributed by atoms with van der Waals surface area (Å²) in [7, 11) is 1.28. The van der Waals surface area contributed by atoms with Crippen LogP contribution in [0.25, 0.3) is 0 Å². The number of fused-ring (bicyclic) bond motifs is 1. The van der Waals surface area contributed by atoms with E-state index in [1.54, 1.807) is 5.38 Å². The first-order chi connectivity index (χ1) is 15.4. The van der Waals surface area contributed by atoms with E-state index in [0.29, 0.717) is 23.9 Å². The van der Waals surface area contributed by atoms with Crippen LogP contribution in [0.4, 0.5) is 5.13 Å². The summed E-state index contributed by atoms with van der Waals surface area (Å²) in [6, 6.07) is -0.908. The van der Waals surface area contributed by atoms with Gasteiger partial charge in [0.2, 0.25) is 0 Å². The van der Waals surface area contributed by atoms with Gasteiger partial charge in [0, 0.05) is 34.5 Å². The fourth-order valence-corrected chi connectivity index (χ4v) is 6.91. The van der Waals surface area contributed by atoms with Gasteiger partial charge in [-0.05, 0) is 12.8 Å². The molecule has 0 saturated carbocycles. The molecule has 2 unspecified atom stereocenters. The van der Waals surface area contributed by atoms with Crippen LogP contribution in [0.15, 0.2) is 21.1 Å². The number of nitrogens with one attached hydrogen (secondary N) is 1. The Kier molecular flexibility index (Phi) is 9.11. The number of ether oxygens (including phenoxy) is 1. The van der Waals surface area contributed by atoms with Gasteiger partial charge in [0.1, 0.15) is 24.2 Å². The molecule has 2 saturated heterocycles. The van der Waals surface area contributed by atoms with E-state index in [9.17, 15) is 19.5 Å². The molecule has 4 heterocycles. The number of carbonyl (C=O) groups excluding carboxylic acids is 3. The van der Waals surface area contributed by atoms with Gasteiger partial charge in [-0.2, -0.15) is 0 Å². The molecule has 3 aliphatic heterocycles. The number of rotatable bonds is 7. The number of nitrogen functional groups attached to an aromatic ring is 1. The standard InChI is InChI=1S/C18H21N5O6S3.Na/c1-28-22-11(9-6-31-18(19)20-9)14(24)21-12-15(25)23-13(17(26)27)10(7-30-16(12)23)32-8-2-4-29-5-3-8;/h6,8,12,16H,2-5,7H2,1H3,(H2,19,20)(H,21,24)(H,26,27);/q;+1/p-1/b22-11-;. The Morgan fingerprint density at radius 2 is 2.15 bits per heavy atom. The summed E-state index contributed by atoms with van der Waals surface area (Å²) in [5.74, 6) is -2.18. The molecule has 15 heteroatoms. The molecule has 1 aromatic rings. The number of amides is 2. The summed E-state index contributed by atoms with van der Waals surface area (Å²) in [5.41, 5.74) is 5.61. The van der Waals surface area contributed by atoms with Gasteiger partial charge in [-0.25, -0.2) is 4.98 Å². The Hall–Kier alpha value is -1.29. The number of carboxylic acids is 1. The number of thioether (sulfide) groups is 2. The minimum Gasteiger partial charge on any atom is -0.543 e. The SMILES string of the molecule is CO/N=C(\C(=O)NC1C(=O)N2C(C(=O)[O-])=C(SC3CCOCC3)CSC12)c1csc(N)n1.[Na+]. The van der Waals surface area contributed by atoms with Crippen LogP contribution in [-0.4, -0.2) is 76.1 Å². The van der Waals surface area contributed by atoms with E-state index in [2.05, 4.69) is 15.5 Å². The minimum atomic E-state index is -1.40. The number of thiazole rings is 1. The molecule has 0 radical (unpaired) electrons. The molecule has 0 aromatic carbocycles. The average Bonchev–Trinajstić information content (AvgIpc) is 3.21. The van der Waals surface area contributed by atoms with E-state index < -0.39 is 29.2 Å². The third-order valence-corrected chi connectivity index (χ3v) is 8.62. The first-order valence-electron chi connectivity index (χ1n) is 9.67. The zero-order valence-corrected chi connectivity index (χ0v) is 22.4. The molecule has 33 heavy (non-hydrogen) atoms. The second-order valence-electron chi connectivity index (χ2n) is 7.04. The number of aromatic nitrogens is 1. The smallest absolute Gasteiger partial charge is 0.543 e. The maximum absolute atomic E-state index is 12.8. The van der Waals surface area contributed by atoms with Gasteiger partial charge in [0.05, 0.1) is 11.7 Å². The molecule has 0 spiro atoms. The van der Waals surface area contributed by atoms with Crippen molar-refractivity contribution >= 4 is 63.5 Å². The van der Waals surface area contributed by atoms with Gasteiger partial charge >= 0.3 is 29.6 Å². The van der Waals surface area contributed by atoms with Crippen molar-refractivity contribution in [2.24, 2.45) is 5.16 Å². The van der Waals surface area contributed by atoms with Crippen molar-refractivity contribution in [3.05, 3.63) is 21.7 Å². The van der Waals surface area contributed by atoms with Gasteiger partial charge in [0.25, 0.3) is 11.8 Å². The van der Waals surface area contributed by atoms with E-state index in [1.807, 2.05) is 0 Å². The van der Waals surface area contributed by atoms with Crippen LogP contribution in [-0.2, 0) is 24.0 Å². The molecule has 1 aromatic heterocycles. The summed E-state index contributed by atoms with van der Waals surface area (Å²) < 4.78 is 5.35. The third-order valence-electron chi connectivity index (χ3n) is 5.05. The molecule has 172 valence electrons. The number of carboxylic acid groups (broad SMARTS) is 1. The van der Waals surface area contributed by atoms with Crippen LogP contribution >= 0.6 is 34.9 Å². The normalized spacial score (nSPS) is 23.4. The molecule has 2 fully saturated rings. The number of nitrogens with two attached hydrogens (primary N) is 1. The molecular formula is C18H20N5NaO6S3. The van der Waals surface area contributed by atoms with Crippen LogP contribution in [0.1, 0.15) is 18.5 Å². The number of nitrogens with zero attached hydrogens (tertiary/aromatic N) is 3. The van der Waals surface area contributed by atoms with E-state index in [4.69, 9.17) is 15.3 Å². The number of aliphatic carboxylic acids is 1. The Morgan fingerprint density at radius 1 is 1.42 bits per heavy atom. The predicted octanol–water partition coefficient (Wildman–Crippen LogP) is -3.65.